The van der Waals surface area contributed by atoms with Crippen LogP contribution in [0, 0.1) is 0 Å². The Kier molecular flexibility index (Phi) is 31.8. The van der Waals surface area contributed by atoms with Gasteiger partial charge >= 0.3 is 13.8 Å². The van der Waals surface area contributed by atoms with E-state index < -0.39 is 13.8 Å². The minimum absolute atomic E-state index is 0.0108. The first-order valence-corrected chi connectivity index (χ1v) is 12.2. The number of carboxylic acids is 1. The molecule has 0 bridgehead atoms. The molecular weight excluding hydrogens is 453 g/mol. The highest BCUT2D eigenvalue weighted by molar-refractivity contribution is 7.45. The molecule has 0 radical (unpaired) electrons. The lowest BCUT2D eigenvalue weighted by atomic mass is 10.1. The standard InChI is InChI=1S/C12H24O2.C6H15NO6.H3O4P/c1-2-3-4-5-6-7-8-9-10-11-12(13)14;8-1-4-11-7(12-5-2-9)13-6-3-10;1-5(2,3)4/h2-11H2,1H3,(H,13,14);8-10H,1-6H2;(H3,1,2,3,4). The fourth-order valence-corrected chi connectivity index (χ4v) is 2.04. The van der Waals surface area contributed by atoms with E-state index >= 15 is 0 Å². The molecule has 0 aromatic heterocycles. The molecule has 0 aromatic rings. The van der Waals surface area contributed by atoms with Crippen LogP contribution < -0.4 is 0 Å². The van der Waals surface area contributed by atoms with Gasteiger partial charge in [0.1, 0.15) is 0 Å². The summed E-state index contributed by atoms with van der Waals surface area (Å²) in [4.78, 5) is 45.9. The van der Waals surface area contributed by atoms with E-state index in [0.717, 1.165) is 12.8 Å². The lowest BCUT2D eigenvalue weighted by molar-refractivity contribution is -0.527. The summed E-state index contributed by atoms with van der Waals surface area (Å²) >= 11 is 0. The van der Waals surface area contributed by atoms with Gasteiger partial charge in [0.05, 0.1) is 45.0 Å². The van der Waals surface area contributed by atoms with Crippen LogP contribution in [0.15, 0.2) is 0 Å². The van der Waals surface area contributed by atoms with E-state index in [1.165, 1.54) is 44.9 Å². The summed E-state index contributed by atoms with van der Waals surface area (Å²) in [6, 6.07) is 0. The number of aliphatic carboxylic acids is 1. The van der Waals surface area contributed by atoms with Gasteiger partial charge in [0, 0.05) is 6.42 Å². The molecule has 0 aliphatic heterocycles. The van der Waals surface area contributed by atoms with Crippen molar-refractivity contribution in [2.45, 2.75) is 71.1 Å². The average Bonchev–Trinajstić information content (AvgIpc) is 2.71. The lowest BCUT2D eigenvalue weighted by Gasteiger charge is -2.17. The third kappa shape index (κ3) is 47.2. The minimum atomic E-state index is -4.64. The highest BCUT2D eigenvalue weighted by Crippen LogP contribution is 2.25. The van der Waals surface area contributed by atoms with Gasteiger partial charge in [-0.1, -0.05) is 58.3 Å². The molecule has 0 rings (SSSR count). The number of aliphatic hydroxyl groups is 3. The summed E-state index contributed by atoms with van der Waals surface area (Å²) in [5, 5.41) is 34.3. The predicted molar refractivity (Wildman–Crippen MR) is 115 cm³/mol. The van der Waals surface area contributed by atoms with Crippen molar-refractivity contribution in [1.29, 1.82) is 0 Å². The maximum Gasteiger partial charge on any atom is 0.466 e. The van der Waals surface area contributed by atoms with Gasteiger partial charge in [-0.15, -0.1) is 0 Å². The molecule has 14 heteroatoms. The van der Waals surface area contributed by atoms with Gasteiger partial charge in [-0.25, -0.2) is 19.1 Å². The highest BCUT2D eigenvalue weighted by Gasteiger charge is 2.05. The maximum atomic E-state index is 10.2. The Labute approximate surface area is 189 Å². The molecule has 196 valence electrons. The van der Waals surface area contributed by atoms with Crippen LogP contribution in [0.3, 0.4) is 0 Å². The SMILES string of the molecule is CCCCCCCCCCCC(=O)O.O=P(O)(O)O.OCCON(OCCO)OCCO. The second-order valence-corrected chi connectivity index (χ2v) is 7.41. The van der Waals surface area contributed by atoms with Crippen LogP contribution in [-0.4, -0.2) is 86.1 Å². The highest BCUT2D eigenvalue weighted by atomic mass is 31.2. The minimum Gasteiger partial charge on any atom is -0.481 e. The molecule has 32 heavy (non-hydrogen) atoms. The summed E-state index contributed by atoms with van der Waals surface area (Å²) in [7, 11) is -4.64. The van der Waals surface area contributed by atoms with Crippen molar-refractivity contribution >= 4 is 13.8 Å². The van der Waals surface area contributed by atoms with Gasteiger partial charge in [-0.2, -0.15) is 0 Å². The van der Waals surface area contributed by atoms with E-state index in [-0.39, 0.29) is 39.6 Å². The molecule has 0 fully saturated rings. The zero-order valence-electron chi connectivity index (χ0n) is 18.9. The molecule has 0 aromatic carbocycles. The van der Waals surface area contributed by atoms with E-state index in [2.05, 4.69) is 6.92 Å². The first-order chi connectivity index (χ1) is 15.1. The largest absolute Gasteiger partial charge is 0.481 e. The number of rotatable bonds is 19. The van der Waals surface area contributed by atoms with Crippen molar-refractivity contribution in [2.24, 2.45) is 0 Å². The number of carbonyl (C=O) groups is 1. The second kappa shape index (κ2) is 28.3. The van der Waals surface area contributed by atoms with Gasteiger partial charge in [0.25, 0.3) is 0 Å². The Balaban J connectivity index is -0.000000436. The monoisotopic (exact) mass is 495 g/mol. The number of carboxylic acid groups (broad SMARTS) is 1. The van der Waals surface area contributed by atoms with Crippen LogP contribution in [0.25, 0.3) is 0 Å². The summed E-state index contributed by atoms with van der Waals surface area (Å²) < 4.78 is 8.88. The van der Waals surface area contributed by atoms with Crippen molar-refractivity contribution in [3.05, 3.63) is 0 Å². The molecule has 0 atom stereocenters. The molecule has 0 aliphatic carbocycles. The summed E-state index contributed by atoms with van der Waals surface area (Å²) in [6.45, 7) is 1.72. The Hall–Kier alpha value is -0.700. The smallest absolute Gasteiger partial charge is 0.466 e. The number of hydrogen-bond acceptors (Lipinski definition) is 9. The molecule has 0 spiro atoms. The van der Waals surface area contributed by atoms with Gasteiger partial charge < -0.3 is 35.1 Å². The van der Waals surface area contributed by atoms with Crippen molar-refractivity contribution in [3.63, 3.8) is 0 Å². The van der Waals surface area contributed by atoms with Crippen LogP contribution in [0.1, 0.15) is 71.1 Å². The van der Waals surface area contributed by atoms with Gasteiger partial charge in [-0.3, -0.25) is 4.79 Å². The number of hydrogen-bond donors (Lipinski definition) is 7. The third-order valence-corrected chi connectivity index (χ3v) is 3.36. The van der Waals surface area contributed by atoms with Crippen LogP contribution >= 0.6 is 7.82 Å². The molecule has 0 saturated carbocycles. The zero-order chi connectivity index (χ0) is 25.1. The third-order valence-electron chi connectivity index (χ3n) is 3.36. The quantitative estimate of drug-likeness (QED) is 0.0762. The fourth-order valence-electron chi connectivity index (χ4n) is 2.04. The van der Waals surface area contributed by atoms with Gasteiger partial charge in [0.15, 0.2) is 0 Å². The van der Waals surface area contributed by atoms with Gasteiger partial charge in [0.2, 0.25) is 0 Å². The molecule has 0 unspecified atom stereocenters. The van der Waals surface area contributed by atoms with Crippen molar-refractivity contribution < 1.29 is 59.0 Å². The maximum absolute atomic E-state index is 10.2. The molecule has 0 amide bonds. The van der Waals surface area contributed by atoms with Crippen molar-refractivity contribution in [1.82, 2.24) is 5.39 Å². The fraction of sp³-hybridized carbons (Fsp3) is 0.944. The number of nitrogens with zero attached hydrogens (tertiary/aromatic N) is 1. The molecular formula is C18H42NO12P. The van der Waals surface area contributed by atoms with E-state index in [1.807, 2.05) is 0 Å². The molecule has 13 nitrogen and oxygen atoms in total. The summed E-state index contributed by atoms with van der Waals surface area (Å²) in [5.74, 6) is -0.659. The second-order valence-electron chi connectivity index (χ2n) is 6.38. The first kappa shape index (κ1) is 35.9. The molecule has 0 heterocycles. The Morgan fingerprint density at radius 1 is 0.719 bits per heavy atom. The van der Waals surface area contributed by atoms with E-state index in [0.29, 0.717) is 11.8 Å². The zero-order valence-corrected chi connectivity index (χ0v) is 19.8. The molecule has 7 N–H and O–H groups in total. The number of phosphoric acid groups is 1. The Morgan fingerprint density at radius 2 is 1.03 bits per heavy atom. The van der Waals surface area contributed by atoms with Crippen LogP contribution in [0.2, 0.25) is 0 Å². The number of unbranched alkanes of at least 4 members (excludes halogenated alkanes) is 8. The Bertz CT molecular complexity index is 397. The summed E-state index contributed by atoms with van der Waals surface area (Å²) in [6.07, 6.45) is 11.5. The van der Waals surface area contributed by atoms with Crippen molar-refractivity contribution in [3.8, 4) is 0 Å². The normalized spacial score (nSPS) is 10.9. The van der Waals surface area contributed by atoms with E-state index in [4.69, 9.17) is 54.2 Å². The first-order valence-electron chi connectivity index (χ1n) is 10.6. The number of aliphatic hydroxyl groups excluding tert-OH is 3. The average molecular weight is 496 g/mol. The molecule has 0 aliphatic rings. The van der Waals surface area contributed by atoms with Gasteiger partial charge in [-0.05, 0) is 6.42 Å². The predicted octanol–water partition coefficient (Wildman–Crippen LogP) is 1.12. The van der Waals surface area contributed by atoms with Crippen molar-refractivity contribution in [2.75, 3.05) is 39.6 Å². The van der Waals surface area contributed by atoms with Crippen LogP contribution in [0.4, 0.5) is 0 Å². The lowest BCUT2D eigenvalue weighted by Crippen LogP contribution is -2.28. The van der Waals surface area contributed by atoms with Crippen LogP contribution in [0.5, 0.6) is 0 Å². The van der Waals surface area contributed by atoms with E-state index in [9.17, 15) is 4.79 Å². The Morgan fingerprint density at radius 3 is 1.31 bits per heavy atom. The molecule has 0 saturated heterocycles. The summed E-state index contributed by atoms with van der Waals surface area (Å²) in [5.41, 5.74) is 0. The van der Waals surface area contributed by atoms with Crippen LogP contribution in [-0.2, 0) is 23.9 Å². The topological polar surface area (TPSA) is 207 Å². The van der Waals surface area contributed by atoms with E-state index in [1.54, 1.807) is 0 Å².